The van der Waals surface area contributed by atoms with E-state index in [9.17, 15) is 4.79 Å². The van der Waals surface area contributed by atoms with Crippen LogP contribution in [0.5, 0.6) is 0 Å². The van der Waals surface area contributed by atoms with Crippen LogP contribution in [-0.2, 0) is 16.1 Å². The molecule has 0 aliphatic carbocycles. The van der Waals surface area contributed by atoms with Crippen LogP contribution in [0, 0.1) is 0 Å². The Morgan fingerprint density at radius 3 is 2.80 bits per heavy atom. The predicted octanol–water partition coefficient (Wildman–Crippen LogP) is 0.000400. The number of ether oxygens (including phenoxy) is 1. The Kier molecular flexibility index (Phi) is 6.68. The van der Waals surface area contributed by atoms with Gasteiger partial charge >= 0.3 is 0 Å². The molecule has 1 aromatic heterocycles. The summed E-state index contributed by atoms with van der Waals surface area (Å²) in [6.45, 7) is 3.13. The number of hydrogen-bond donors (Lipinski definition) is 3. The van der Waals surface area contributed by atoms with Crippen molar-refractivity contribution >= 4 is 17.5 Å². The first-order valence-corrected chi connectivity index (χ1v) is 6.47. The van der Waals surface area contributed by atoms with Crippen molar-refractivity contribution in [2.45, 2.75) is 26.4 Å². The Morgan fingerprint density at radius 2 is 2.25 bits per heavy atom. The van der Waals surface area contributed by atoms with Crippen LogP contribution >= 0.6 is 0 Å². The number of nitrogens with zero attached hydrogens (tertiary/aromatic N) is 3. The van der Waals surface area contributed by atoms with E-state index in [1.165, 1.54) is 0 Å². The Bertz CT molecular complexity index is 440. The molecule has 0 aromatic carbocycles. The van der Waals surface area contributed by atoms with Crippen molar-refractivity contribution in [2.24, 2.45) is 11.6 Å². The first-order chi connectivity index (χ1) is 9.60. The number of carbonyl (C=O) groups is 1. The van der Waals surface area contributed by atoms with E-state index >= 15 is 0 Å². The van der Waals surface area contributed by atoms with Gasteiger partial charge < -0.3 is 20.8 Å². The second kappa shape index (κ2) is 8.28. The summed E-state index contributed by atoms with van der Waals surface area (Å²) in [4.78, 5) is 21.5. The fourth-order valence-electron chi connectivity index (χ4n) is 1.72. The number of aromatic nitrogens is 2. The largest absolute Gasteiger partial charge is 0.377 e. The number of carbonyl (C=O) groups excluding carboxylic acids is 1. The average Bonchev–Trinajstić information content (AvgIpc) is 2.43. The molecule has 0 unspecified atom stereocenters. The van der Waals surface area contributed by atoms with E-state index in [-0.39, 0.29) is 13.2 Å². The summed E-state index contributed by atoms with van der Waals surface area (Å²) in [5.74, 6) is 6.55. The number of methoxy groups -OCH3 is 1. The molecule has 20 heavy (non-hydrogen) atoms. The standard InChI is InChI=1S/C12H22N6O2/c1-3-4-5-18(7-9(13)19)12-6-10(17-14)15-11(16-12)8-20-2/h6H,3-5,7-8,14H2,1-2H3,(H2,13,19)(H,15,16,17). The molecule has 8 nitrogen and oxygen atoms in total. The van der Waals surface area contributed by atoms with E-state index in [1.54, 1.807) is 13.2 Å². The van der Waals surface area contributed by atoms with E-state index in [2.05, 4.69) is 22.3 Å². The highest BCUT2D eigenvalue weighted by molar-refractivity contribution is 5.79. The predicted molar refractivity (Wildman–Crippen MR) is 76.9 cm³/mol. The normalized spacial score (nSPS) is 10.3. The zero-order valence-corrected chi connectivity index (χ0v) is 11.9. The summed E-state index contributed by atoms with van der Waals surface area (Å²) in [5.41, 5.74) is 7.76. The lowest BCUT2D eigenvalue weighted by Gasteiger charge is -2.22. The molecule has 0 fully saturated rings. The highest BCUT2D eigenvalue weighted by Gasteiger charge is 2.13. The lowest BCUT2D eigenvalue weighted by molar-refractivity contribution is -0.116. The lowest BCUT2D eigenvalue weighted by Crippen LogP contribution is -2.35. The molecule has 0 saturated carbocycles. The fraction of sp³-hybridized carbons (Fsp3) is 0.583. The SMILES string of the molecule is CCCCN(CC(N)=O)c1cc(NN)nc(COC)n1. The molecule has 0 spiro atoms. The van der Waals surface area contributed by atoms with Gasteiger partial charge in [-0.2, -0.15) is 0 Å². The molecule has 5 N–H and O–H groups in total. The first kappa shape index (κ1) is 16.1. The van der Waals surface area contributed by atoms with Crippen molar-refractivity contribution in [1.82, 2.24) is 9.97 Å². The molecule has 0 aliphatic heterocycles. The molecule has 1 aromatic rings. The van der Waals surface area contributed by atoms with E-state index in [4.69, 9.17) is 16.3 Å². The number of hydrogen-bond acceptors (Lipinski definition) is 7. The average molecular weight is 282 g/mol. The van der Waals surface area contributed by atoms with Crippen LogP contribution in [0.3, 0.4) is 0 Å². The summed E-state index contributed by atoms with van der Waals surface area (Å²) in [6.07, 6.45) is 1.94. The molecule has 1 heterocycles. The van der Waals surface area contributed by atoms with Gasteiger partial charge in [-0.15, -0.1) is 0 Å². The number of nitrogens with one attached hydrogen (secondary N) is 1. The van der Waals surface area contributed by atoms with Gasteiger partial charge in [0.15, 0.2) is 5.82 Å². The molecule has 0 aliphatic rings. The number of anilines is 2. The monoisotopic (exact) mass is 282 g/mol. The number of nitrogen functional groups attached to an aromatic ring is 1. The number of amides is 1. The molecular formula is C12H22N6O2. The van der Waals surface area contributed by atoms with E-state index in [0.717, 1.165) is 12.8 Å². The fourth-order valence-corrected chi connectivity index (χ4v) is 1.72. The smallest absolute Gasteiger partial charge is 0.236 e. The Balaban J connectivity index is 3.02. The van der Waals surface area contributed by atoms with Gasteiger partial charge in [-0.25, -0.2) is 15.8 Å². The molecule has 0 radical (unpaired) electrons. The quantitative estimate of drug-likeness (QED) is 0.431. The van der Waals surface area contributed by atoms with Crippen molar-refractivity contribution in [3.63, 3.8) is 0 Å². The zero-order chi connectivity index (χ0) is 15.0. The number of hydrazine groups is 1. The van der Waals surface area contributed by atoms with Gasteiger partial charge in [0.05, 0.1) is 6.54 Å². The summed E-state index contributed by atoms with van der Waals surface area (Å²) < 4.78 is 5.02. The van der Waals surface area contributed by atoms with Gasteiger partial charge in [0.2, 0.25) is 5.91 Å². The van der Waals surface area contributed by atoms with Crippen LogP contribution in [0.2, 0.25) is 0 Å². The van der Waals surface area contributed by atoms with Gasteiger partial charge in [-0.3, -0.25) is 4.79 Å². The third kappa shape index (κ3) is 4.98. The van der Waals surface area contributed by atoms with Crippen molar-refractivity contribution < 1.29 is 9.53 Å². The lowest BCUT2D eigenvalue weighted by atomic mass is 10.3. The van der Waals surface area contributed by atoms with E-state index < -0.39 is 5.91 Å². The molecule has 0 atom stereocenters. The highest BCUT2D eigenvalue weighted by Crippen LogP contribution is 2.16. The second-order valence-corrected chi connectivity index (χ2v) is 4.35. The molecule has 112 valence electrons. The van der Waals surface area contributed by atoms with Crippen LogP contribution in [-0.4, -0.2) is 36.1 Å². The number of unbranched alkanes of at least 4 members (excludes halogenated alkanes) is 1. The van der Waals surface area contributed by atoms with Crippen molar-refractivity contribution in [3.05, 3.63) is 11.9 Å². The topological polar surface area (TPSA) is 119 Å². The van der Waals surface area contributed by atoms with E-state index in [1.807, 2.05) is 4.90 Å². The minimum atomic E-state index is -0.407. The minimum Gasteiger partial charge on any atom is -0.377 e. The molecule has 1 rings (SSSR count). The van der Waals surface area contributed by atoms with E-state index in [0.29, 0.717) is 24.0 Å². The number of primary amides is 1. The van der Waals surface area contributed by atoms with Crippen molar-refractivity contribution in [2.75, 3.05) is 30.5 Å². The van der Waals surface area contributed by atoms with Crippen LogP contribution in [0.15, 0.2) is 6.07 Å². The van der Waals surface area contributed by atoms with Crippen LogP contribution in [0.4, 0.5) is 11.6 Å². The Labute approximate surface area is 118 Å². The Hall–Kier alpha value is -1.93. The van der Waals surface area contributed by atoms with Gasteiger partial charge in [0, 0.05) is 19.7 Å². The number of rotatable bonds is 9. The van der Waals surface area contributed by atoms with Gasteiger partial charge in [0.1, 0.15) is 18.2 Å². The maximum Gasteiger partial charge on any atom is 0.236 e. The minimum absolute atomic E-state index is 0.105. The molecule has 8 heteroatoms. The van der Waals surface area contributed by atoms with Crippen LogP contribution < -0.4 is 21.9 Å². The second-order valence-electron chi connectivity index (χ2n) is 4.35. The molecule has 0 bridgehead atoms. The summed E-state index contributed by atoms with van der Waals surface area (Å²) in [5, 5.41) is 0. The van der Waals surface area contributed by atoms with Crippen LogP contribution in [0.25, 0.3) is 0 Å². The van der Waals surface area contributed by atoms with Gasteiger partial charge in [-0.1, -0.05) is 13.3 Å². The first-order valence-electron chi connectivity index (χ1n) is 6.47. The highest BCUT2D eigenvalue weighted by atomic mass is 16.5. The number of nitrogens with two attached hydrogens (primary N) is 2. The maximum absolute atomic E-state index is 11.2. The summed E-state index contributed by atoms with van der Waals surface area (Å²) >= 11 is 0. The zero-order valence-electron chi connectivity index (χ0n) is 11.9. The van der Waals surface area contributed by atoms with Gasteiger partial charge in [0.25, 0.3) is 0 Å². The molecule has 0 saturated heterocycles. The summed E-state index contributed by atoms with van der Waals surface area (Å²) in [6, 6.07) is 1.68. The molecular weight excluding hydrogens is 260 g/mol. The third-order valence-electron chi connectivity index (χ3n) is 2.63. The maximum atomic E-state index is 11.2. The van der Waals surface area contributed by atoms with Crippen LogP contribution in [0.1, 0.15) is 25.6 Å². The van der Waals surface area contributed by atoms with Crippen molar-refractivity contribution in [3.8, 4) is 0 Å². The Morgan fingerprint density at radius 1 is 1.50 bits per heavy atom. The third-order valence-corrected chi connectivity index (χ3v) is 2.63. The van der Waals surface area contributed by atoms with Crippen molar-refractivity contribution in [1.29, 1.82) is 0 Å². The molecule has 1 amide bonds. The summed E-state index contributed by atoms with van der Waals surface area (Å²) in [7, 11) is 1.56. The van der Waals surface area contributed by atoms with Gasteiger partial charge in [-0.05, 0) is 6.42 Å².